The highest BCUT2D eigenvalue weighted by Gasteiger charge is 1.98. The lowest BCUT2D eigenvalue weighted by atomic mass is 10.3. The van der Waals surface area contributed by atoms with Crippen molar-refractivity contribution < 1.29 is 9.18 Å². The van der Waals surface area contributed by atoms with Crippen LogP contribution in [0.4, 0.5) is 10.1 Å². The largest absolute Gasteiger partial charge is 0.325 e. The SMILES string of the molecule is C#CCC(=O)Nc1ccc(F)cc1. The smallest absolute Gasteiger partial charge is 0.236 e. The second-order valence-electron chi connectivity index (χ2n) is 2.44. The number of carbonyl (C=O) groups is 1. The molecule has 1 N–H and O–H groups in total. The number of nitrogens with one attached hydrogen (secondary N) is 1. The summed E-state index contributed by atoms with van der Waals surface area (Å²) in [6.07, 6.45) is 4.96. The highest BCUT2D eigenvalue weighted by Crippen LogP contribution is 2.07. The molecule has 0 saturated heterocycles. The Morgan fingerprint density at radius 1 is 1.46 bits per heavy atom. The van der Waals surface area contributed by atoms with Crippen molar-refractivity contribution in [2.45, 2.75) is 6.42 Å². The minimum Gasteiger partial charge on any atom is -0.325 e. The van der Waals surface area contributed by atoms with Crippen molar-refractivity contribution >= 4 is 11.6 Å². The molecule has 13 heavy (non-hydrogen) atoms. The molecule has 0 heterocycles. The van der Waals surface area contributed by atoms with Gasteiger partial charge in [0, 0.05) is 5.69 Å². The van der Waals surface area contributed by atoms with Crippen LogP contribution in [0.2, 0.25) is 0 Å². The Hall–Kier alpha value is -1.82. The van der Waals surface area contributed by atoms with Crippen LogP contribution < -0.4 is 5.32 Å². The summed E-state index contributed by atoms with van der Waals surface area (Å²) >= 11 is 0. The molecule has 0 atom stereocenters. The minimum absolute atomic E-state index is 0.0252. The van der Waals surface area contributed by atoms with Gasteiger partial charge in [0.1, 0.15) is 5.82 Å². The summed E-state index contributed by atoms with van der Waals surface area (Å²) in [6, 6.07) is 5.49. The molecule has 0 radical (unpaired) electrons. The van der Waals surface area contributed by atoms with Crippen LogP contribution in [0, 0.1) is 18.2 Å². The Labute approximate surface area is 75.8 Å². The molecule has 2 nitrogen and oxygen atoms in total. The third kappa shape index (κ3) is 2.96. The van der Waals surface area contributed by atoms with Crippen molar-refractivity contribution in [3.8, 4) is 12.3 Å². The first-order valence-corrected chi connectivity index (χ1v) is 3.71. The van der Waals surface area contributed by atoms with Gasteiger partial charge in [-0.15, -0.1) is 6.42 Å². The van der Waals surface area contributed by atoms with Gasteiger partial charge in [0.2, 0.25) is 5.91 Å². The van der Waals surface area contributed by atoms with E-state index in [0.29, 0.717) is 5.69 Å². The lowest BCUT2D eigenvalue weighted by Gasteiger charge is -2.01. The van der Waals surface area contributed by atoms with E-state index in [1.54, 1.807) is 0 Å². The number of rotatable bonds is 2. The zero-order chi connectivity index (χ0) is 9.68. The molecule has 66 valence electrons. The molecule has 0 aliphatic heterocycles. The molecule has 0 aliphatic carbocycles. The lowest BCUT2D eigenvalue weighted by molar-refractivity contribution is -0.115. The first-order chi connectivity index (χ1) is 6.22. The molecule has 0 fully saturated rings. The van der Waals surface area contributed by atoms with E-state index in [-0.39, 0.29) is 18.1 Å². The van der Waals surface area contributed by atoms with Gasteiger partial charge in [-0.1, -0.05) is 5.92 Å². The fraction of sp³-hybridized carbons (Fsp3) is 0.100. The number of carbonyl (C=O) groups excluding carboxylic acids is 1. The normalized spacial score (nSPS) is 8.92. The van der Waals surface area contributed by atoms with Gasteiger partial charge in [0.15, 0.2) is 0 Å². The first kappa shape index (κ1) is 9.27. The van der Waals surface area contributed by atoms with Crippen molar-refractivity contribution in [1.29, 1.82) is 0 Å². The van der Waals surface area contributed by atoms with Gasteiger partial charge in [-0.3, -0.25) is 4.79 Å². The molecule has 0 spiro atoms. The molecule has 1 aromatic carbocycles. The second-order valence-corrected chi connectivity index (χ2v) is 2.44. The third-order valence-corrected chi connectivity index (χ3v) is 1.39. The monoisotopic (exact) mass is 177 g/mol. The van der Waals surface area contributed by atoms with E-state index >= 15 is 0 Å². The van der Waals surface area contributed by atoms with Crippen LogP contribution in [-0.2, 0) is 4.79 Å². The summed E-state index contributed by atoms with van der Waals surface area (Å²) in [4.78, 5) is 11.0. The van der Waals surface area contributed by atoms with Gasteiger partial charge in [-0.2, -0.15) is 0 Å². The van der Waals surface area contributed by atoms with Gasteiger partial charge < -0.3 is 5.32 Å². The van der Waals surface area contributed by atoms with Gasteiger partial charge >= 0.3 is 0 Å². The van der Waals surface area contributed by atoms with Gasteiger partial charge in [0.25, 0.3) is 0 Å². The summed E-state index contributed by atoms with van der Waals surface area (Å²) < 4.78 is 12.4. The summed E-state index contributed by atoms with van der Waals surface area (Å²) in [7, 11) is 0. The van der Waals surface area contributed by atoms with Crippen LogP contribution in [0.15, 0.2) is 24.3 Å². The Balaban J connectivity index is 2.60. The van der Waals surface area contributed by atoms with E-state index in [9.17, 15) is 9.18 Å². The van der Waals surface area contributed by atoms with Gasteiger partial charge in [0.05, 0.1) is 6.42 Å². The molecule has 0 aromatic heterocycles. The zero-order valence-electron chi connectivity index (χ0n) is 6.88. The fourth-order valence-corrected chi connectivity index (χ4v) is 0.831. The highest BCUT2D eigenvalue weighted by molar-refractivity contribution is 5.92. The third-order valence-electron chi connectivity index (χ3n) is 1.39. The standard InChI is InChI=1S/C10H8FNO/c1-2-3-10(13)12-9-6-4-8(11)5-7-9/h1,4-7H,3H2,(H,12,13). The quantitative estimate of drug-likeness (QED) is 0.685. The van der Waals surface area contributed by atoms with Crippen molar-refractivity contribution in [1.82, 2.24) is 0 Å². The van der Waals surface area contributed by atoms with Crippen LogP contribution in [0.3, 0.4) is 0 Å². The molecule has 1 aromatic rings. The van der Waals surface area contributed by atoms with Crippen LogP contribution in [0.5, 0.6) is 0 Å². The Kier molecular flexibility index (Phi) is 3.04. The van der Waals surface area contributed by atoms with E-state index in [0.717, 1.165) is 0 Å². The van der Waals surface area contributed by atoms with E-state index in [1.165, 1.54) is 24.3 Å². The number of amides is 1. The van der Waals surface area contributed by atoms with Crippen LogP contribution in [0.1, 0.15) is 6.42 Å². The van der Waals surface area contributed by atoms with Crippen molar-refractivity contribution in [2.24, 2.45) is 0 Å². The molecule has 1 amide bonds. The maximum atomic E-state index is 12.4. The lowest BCUT2D eigenvalue weighted by Crippen LogP contribution is -2.09. The topological polar surface area (TPSA) is 29.1 Å². The molecule has 1 rings (SSSR count). The predicted molar refractivity (Wildman–Crippen MR) is 48.5 cm³/mol. The summed E-state index contributed by atoms with van der Waals surface area (Å²) in [5, 5.41) is 2.52. The number of halogens is 1. The fourth-order valence-electron chi connectivity index (χ4n) is 0.831. The minimum atomic E-state index is -0.338. The van der Waals surface area contributed by atoms with Gasteiger partial charge in [-0.25, -0.2) is 4.39 Å². The van der Waals surface area contributed by atoms with E-state index in [2.05, 4.69) is 11.2 Å². The number of hydrogen-bond donors (Lipinski definition) is 1. The molecule has 0 aliphatic rings. The predicted octanol–water partition coefficient (Wildman–Crippen LogP) is 1.79. The number of benzene rings is 1. The Morgan fingerprint density at radius 2 is 2.08 bits per heavy atom. The Bertz CT molecular complexity index is 337. The maximum absolute atomic E-state index is 12.4. The highest BCUT2D eigenvalue weighted by atomic mass is 19.1. The number of anilines is 1. The van der Waals surface area contributed by atoms with Crippen LogP contribution in [-0.4, -0.2) is 5.91 Å². The second kappa shape index (κ2) is 4.27. The summed E-state index contributed by atoms with van der Waals surface area (Å²) in [5.41, 5.74) is 0.543. The van der Waals surface area contributed by atoms with E-state index in [4.69, 9.17) is 6.42 Å². The molecule has 0 unspecified atom stereocenters. The average molecular weight is 177 g/mol. The maximum Gasteiger partial charge on any atom is 0.236 e. The number of hydrogen-bond acceptors (Lipinski definition) is 1. The first-order valence-electron chi connectivity index (χ1n) is 3.71. The van der Waals surface area contributed by atoms with Crippen LogP contribution >= 0.6 is 0 Å². The molecule has 0 saturated carbocycles. The Morgan fingerprint density at radius 3 is 2.62 bits per heavy atom. The molecular weight excluding hydrogens is 169 g/mol. The molecular formula is C10H8FNO. The van der Waals surface area contributed by atoms with Crippen molar-refractivity contribution in [2.75, 3.05) is 5.32 Å². The van der Waals surface area contributed by atoms with Crippen molar-refractivity contribution in [3.63, 3.8) is 0 Å². The van der Waals surface area contributed by atoms with Crippen LogP contribution in [0.25, 0.3) is 0 Å². The number of terminal acetylenes is 1. The average Bonchev–Trinajstić information content (AvgIpc) is 2.09. The zero-order valence-corrected chi connectivity index (χ0v) is 6.88. The van der Waals surface area contributed by atoms with E-state index in [1.807, 2.05) is 0 Å². The molecule has 3 heteroatoms. The summed E-state index contributed by atoms with van der Waals surface area (Å²) in [5.74, 6) is 1.61. The molecule has 0 bridgehead atoms. The summed E-state index contributed by atoms with van der Waals surface area (Å²) in [6.45, 7) is 0. The van der Waals surface area contributed by atoms with Crippen molar-refractivity contribution in [3.05, 3.63) is 30.1 Å². The van der Waals surface area contributed by atoms with Gasteiger partial charge in [-0.05, 0) is 24.3 Å². The van der Waals surface area contributed by atoms with E-state index < -0.39 is 0 Å².